The first-order chi connectivity index (χ1) is 12.5. The van der Waals surface area contributed by atoms with Gasteiger partial charge in [-0.1, -0.05) is 18.2 Å². The maximum atomic E-state index is 12.3. The Balaban J connectivity index is 1.69. The van der Waals surface area contributed by atoms with E-state index in [0.29, 0.717) is 16.8 Å². The van der Waals surface area contributed by atoms with Crippen LogP contribution < -0.4 is 5.32 Å². The summed E-state index contributed by atoms with van der Waals surface area (Å²) in [6.07, 6.45) is 1.57. The van der Waals surface area contributed by atoms with Crippen LogP contribution in [0.1, 0.15) is 21.5 Å². The number of hydrogen-bond donors (Lipinski definition) is 3. The minimum atomic E-state index is -0.197. The molecule has 0 aromatic heterocycles. The maximum Gasteiger partial charge on any atom is 0.255 e. The standard InChI is InChI=1S/C21H18N2O3/c1-14-4-2-3-5-18(14)23-21(26)16-7-9-17(10-8-16)22-13-15-6-11-19(24)20(25)12-15/h2-13,24-25H,1H3,(H,23,26). The first-order valence-electron chi connectivity index (χ1n) is 8.06. The molecule has 3 aromatic rings. The molecule has 0 atom stereocenters. The molecule has 3 N–H and O–H groups in total. The van der Waals surface area contributed by atoms with Gasteiger partial charge in [-0.15, -0.1) is 0 Å². The van der Waals surface area contributed by atoms with E-state index in [1.807, 2.05) is 31.2 Å². The van der Waals surface area contributed by atoms with E-state index in [9.17, 15) is 15.0 Å². The summed E-state index contributed by atoms with van der Waals surface area (Å²) in [5, 5.41) is 21.7. The van der Waals surface area contributed by atoms with Crippen LogP contribution in [0.3, 0.4) is 0 Å². The molecular formula is C21H18N2O3. The van der Waals surface area contributed by atoms with E-state index in [2.05, 4.69) is 10.3 Å². The molecule has 0 aliphatic heterocycles. The Morgan fingerprint density at radius 2 is 1.69 bits per heavy atom. The summed E-state index contributed by atoms with van der Waals surface area (Å²) < 4.78 is 0. The Kier molecular flexibility index (Phi) is 4.99. The number of hydrogen-bond acceptors (Lipinski definition) is 4. The lowest BCUT2D eigenvalue weighted by atomic mass is 10.1. The molecule has 130 valence electrons. The van der Waals surface area contributed by atoms with Crippen molar-refractivity contribution in [1.29, 1.82) is 0 Å². The molecular weight excluding hydrogens is 328 g/mol. The normalized spacial score (nSPS) is 10.8. The van der Waals surface area contributed by atoms with Crippen LogP contribution in [0.2, 0.25) is 0 Å². The average molecular weight is 346 g/mol. The highest BCUT2D eigenvalue weighted by molar-refractivity contribution is 6.04. The minimum Gasteiger partial charge on any atom is -0.504 e. The molecule has 5 heteroatoms. The molecule has 0 radical (unpaired) electrons. The number of aryl methyl sites for hydroxylation is 1. The molecule has 0 bridgehead atoms. The number of aliphatic imine (C=N–C) groups is 1. The summed E-state index contributed by atoms with van der Waals surface area (Å²) in [5.74, 6) is -0.554. The van der Waals surface area contributed by atoms with Gasteiger partial charge in [-0.25, -0.2) is 0 Å². The van der Waals surface area contributed by atoms with Crippen LogP contribution in [0.4, 0.5) is 11.4 Å². The molecule has 0 fully saturated rings. The van der Waals surface area contributed by atoms with Crippen molar-refractivity contribution < 1.29 is 15.0 Å². The first-order valence-corrected chi connectivity index (χ1v) is 8.06. The highest BCUT2D eigenvalue weighted by Gasteiger charge is 2.07. The number of aromatic hydroxyl groups is 2. The Bertz CT molecular complexity index is 963. The largest absolute Gasteiger partial charge is 0.504 e. The predicted octanol–water partition coefficient (Wildman–Crippen LogP) is 4.41. The van der Waals surface area contributed by atoms with Crippen LogP contribution in [0.15, 0.2) is 71.7 Å². The monoisotopic (exact) mass is 346 g/mol. The third-order valence-corrected chi connectivity index (χ3v) is 3.88. The summed E-state index contributed by atoms with van der Waals surface area (Å²) in [4.78, 5) is 16.6. The van der Waals surface area contributed by atoms with Gasteiger partial charge >= 0.3 is 0 Å². The molecule has 0 aliphatic rings. The van der Waals surface area contributed by atoms with Crippen molar-refractivity contribution >= 4 is 23.5 Å². The van der Waals surface area contributed by atoms with Crippen molar-refractivity contribution in [1.82, 2.24) is 0 Å². The number of anilines is 1. The predicted molar refractivity (Wildman–Crippen MR) is 103 cm³/mol. The second-order valence-electron chi connectivity index (χ2n) is 5.82. The minimum absolute atomic E-state index is 0.175. The van der Waals surface area contributed by atoms with Gasteiger partial charge in [-0.05, 0) is 66.6 Å². The van der Waals surface area contributed by atoms with Crippen molar-refractivity contribution in [2.75, 3.05) is 5.32 Å². The molecule has 5 nitrogen and oxygen atoms in total. The molecule has 0 unspecified atom stereocenters. The molecule has 0 aliphatic carbocycles. The fourth-order valence-electron chi connectivity index (χ4n) is 2.38. The Morgan fingerprint density at radius 1 is 0.962 bits per heavy atom. The molecule has 0 saturated heterocycles. The van der Waals surface area contributed by atoms with Gasteiger partial charge in [0.1, 0.15) is 0 Å². The summed E-state index contributed by atoms with van der Waals surface area (Å²) >= 11 is 0. The van der Waals surface area contributed by atoms with Crippen LogP contribution in [-0.2, 0) is 0 Å². The lowest BCUT2D eigenvalue weighted by molar-refractivity contribution is 0.102. The van der Waals surface area contributed by atoms with E-state index in [1.165, 1.54) is 12.1 Å². The van der Waals surface area contributed by atoms with E-state index in [4.69, 9.17) is 0 Å². The van der Waals surface area contributed by atoms with Gasteiger partial charge in [0, 0.05) is 17.5 Å². The van der Waals surface area contributed by atoms with Crippen molar-refractivity contribution in [2.24, 2.45) is 4.99 Å². The molecule has 1 amide bonds. The molecule has 26 heavy (non-hydrogen) atoms. The summed E-state index contributed by atoms with van der Waals surface area (Å²) in [5.41, 5.74) is 3.65. The highest BCUT2D eigenvalue weighted by Crippen LogP contribution is 2.24. The van der Waals surface area contributed by atoms with Crippen molar-refractivity contribution in [3.8, 4) is 11.5 Å². The summed E-state index contributed by atoms with van der Waals surface area (Å²) in [7, 11) is 0. The van der Waals surface area contributed by atoms with Gasteiger partial charge in [-0.3, -0.25) is 9.79 Å². The number of rotatable bonds is 4. The second-order valence-corrected chi connectivity index (χ2v) is 5.82. The third-order valence-electron chi connectivity index (χ3n) is 3.88. The molecule has 0 heterocycles. The van der Waals surface area contributed by atoms with E-state index < -0.39 is 0 Å². The van der Waals surface area contributed by atoms with E-state index in [-0.39, 0.29) is 17.4 Å². The number of para-hydroxylation sites is 1. The summed E-state index contributed by atoms with van der Waals surface area (Å²) in [6.45, 7) is 1.94. The van der Waals surface area contributed by atoms with E-state index in [1.54, 1.807) is 36.5 Å². The van der Waals surface area contributed by atoms with Gasteiger partial charge in [-0.2, -0.15) is 0 Å². The highest BCUT2D eigenvalue weighted by atomic mass is 16.3. The average Bonchev–Trinajstić information content (AvgIpc) is 2.65. The van der Waals surface area contributed by atoms with Gasteiger partial charge in [0.2, 0.25) is 0 Å². The van der Waals surface area contributed by atoms with Crippen molar-refractivity contribution in [3.05, 3.63) is 83.4 Å². The number of phenols is 2. The van der Waals surface area contributed by atoms with Crippen LogP contribution in [0.25, 0.3) is 0 Å². The van der Waals surface area contributed by atoms with Gasteiger partial charge in [0.25, 0.3) is 5.91 Å². The SMILES string of the molecule is Cc1ccccc1NC(=O)c1ccc(N=Cc2ccc(O)c(O)c2)cc1. The first kappa shape index (κ1) is 17.2. The lowest BCUT2D eigenvalue weighted by Crippen LogP contribution is -2.12. The maximum absolute atomic E-state index is 12.3. The van der Waals surface area contributed by atoms with E-state index in [0.717, 1.165) is 11.3 Å². The molecule has 3 aromatic carbocycles. The summed E-state index contributed by atoms with van der Waals surface area (Å²) in [6, 6.07) is 18.9. The number of phenolic OH excluding ortho intramolecular Hbond substituents is 2. The number of carbonyl (C=O) groups excluding carboxylic acids is 1. The zero-order valence-electron chi connectivity index (χ0n) is 14.2. The zero-order valence-corrected chi connectivity index (χ0v) is 14.2. The number of amides is 1. The van der Waals surface area contributed by atoms with Gasteiger partial charge < -0.3 is 15.5 Å². The number of nitrogens with one attached hydrogen (secondary N) is 1. The Hall–Kier alpha value is -3.60. The molecule has 0 spiro atoms. The Morgan fingerprint density at radius 3 is 2.38 bits per heavy atom. The Labute approximate surface area is 151 Å². The third kappa shape index (κ3) is 4.08. The molecule has 0 saturated carbocycles. The fraction of sp³-hybridized carbons (Fsp3) is 0.0476. The van der Waals surface area contributed by atoms with Crippen molar-refractivity contribution in [3.63, 3.8) is 0 Å². The topological polar surface area (TPSA) is 81.9 Å². The molecule has 3 rings (SSSR count). The smallest absolute Gasteiger partial charge is 0.255 e. The zero-order chi connectivity index (χ0) is 18.5. The van der Waals surface area contributed by atoms with Crippen LogP contribution in [0.5, 0.6) is 11.5 Å². The number of benzene rings is 3. The van der Waals surface area contributed by atoms with Crippen molar-refractivity contribution in [2.45, 2.75) is 6.92 Å². The van der Waals surface area contributed by atoms with E-state index >= 15 is 0 Å². The van der Waals surface area contributed by atoms with Gasteiger partial charge in [0.05, 0.1) is 5.69 Å². The fourth-order valence-corrected chi connectivity index (χ4v) is 2.38. The second kappa shape index (κ2) is 7.53. The number of nitrogens with zero attached hydrogens (tertiary/aromatic N) is 1. The van der Waals surface area contributed by atoms with Crippen LogP contribution in [0, 0.1) is 6.92 Å². The number of carbonyl (C=O) groups is 1. The quantitative estimate of drug-likeness (QED) is 0.483. The van der Waals surface area contributed by atoms with Crippen LogP contribution in [-0.4, -0.2) is 22.3 Å². The van der Waals surface area contributed by atoms with Crippen LogP contribution >= 0.6 is 0 Å². The lowest BCUT2D eigenvalue weighted by Gasteiger charge is -2.08. The van der Waals surface area contributed by atoms with Gasteiger partial charge in [0.15, 0.2) is 11.5 Å².